The quantitative estimate of drug-likeness (QED) is 0.855. The molecule has 0 radical (unpaired) electrons. The van der Waals surface area contributed by atoms with Crippen molar-refractivity contribution in [2.45, 2.75) is 27.2 Å². The van der Waals surface area contributed by atoms with Crippen LogP contribution in [0.15, 0.2) is 30.3 Å². The SMILES string of the molecule is Cc1cc2c(n1-c1ccccc1Cl)CC(C)(C)CNC2=O. The summed E-state index contributed by atoms with van der Waals surface area (Å²) in [5.74, 6) is 0.00415. The zero-order chi connectivity index (χ0) is 15.2. The average molecular weight is 303 g/mol. The molecule has 1 aliphatic rings. The zero-order valence-corrected chi connectivity index (χ0v) is 13.3. The van der Waals surface area contributed by atoms with Gasteiger partial charge in [-0.25, -0.2) is 0 Å². The van der Waals surface area contributed by atoms with Gasteiger partial charge in [0, 0.05) is 17.9 Å². The second-order valence-corrected chi connectivity index (χ2v) is 6.86. The van der Waals surface area contributed by atoms with E-state index in [1.165, 1.54) is 0 Å². The number of hydrogen-bond acceptors (Lipinski definition) is 1. The summed E-state index contributed by atoms with van der Waals surface area (Å²) in [6.45, 7) is 7.03. The lowest BCUT2D eigenvalue weighted by atomic mass is 9.88. The smallest absolute Gasteiger partial charge is 0.253 e. The van der Waals surface area contributed by atoms with Gasteiger partial charge in [0.1, 0.15) is 0 Å². The number of nitrogens with one attached hydrogen (secondary N) is 1. The third-order valence-electron chi connectivity index (χ3n) is 4.00. The largest absolute Gasteiger partial charge is 0.351 e. The molecule has 0 fully saturated rings. The van der Waals surface area contributed by atoms with Gasteiger partial charge >= 0.3 is 0 Å². The molecule has 1 N–H and O–H groups in total. The Morgan fingerprint density at radius 3 is 2.71 bits per heavy atom. The number of rotatable bonds is 1. The minimum absolute atomic E-state index is 0.00415. The lowest BCUT2D eigenvalue weighted by Crippen LogP contribution is -2.31. The van der Waals surface area contributed by atoms with Crippen LogP contribution in [-0.4, -0.2) is 17.0 Å². The Balaban J connectivity index is 2.24. The molecule has 0 saturated heterocycles. The first-order valence-corrected chi connectivity index (χ1v) is 7.51. The van der Waals surface area contributed by atoms with Crippen molar-refractivity contribution in [2.75, 3.05) is 6.54 Å². The van der Waals surface area contributed by atoms with Gasteiger partial charge in [-0.05, 0) is 37.0 Å². The summed E-state index contributed by atoms with van der Waals surface area (Å²) in [6.07, 6.45) is 0.833. The topological polar surface area (TPSA) is 34.0 Å². The Labute approximate surface area is 129 Å². The highest BCUT2D eigenvalue weighted by Gasteiger charge is 2.30. The van der Waals surface area contributed by atoms with Crippen molar-refractivity contribution in [1.29, 1.82) is 0 Å². The second-order valence-electron chi connectivity index (χ2n) is 6.46. The van der Waals surface area contributed by atoms with Gasteiger partial charge in [0.15, 0.2) is 0 Å². The van der Waals surface area contributed by atoms with Crippen LogP contribution in [0.25, 0.3) is 5.69 Å². The molecule has 2 heterocycles. The Morgan fingerprint density at radius 2 is 2.00 bits per heavy atom. The Kier molecular flexibility index (Phi) is 3.33. The van der Waals surface area contributed by atoms with Crippen molar-refractivity contribution in [2.24, 2.45) is 5.41 Å². The number of fused-ring (bicyclic) bond motifs is 1. The van der Waals surface area contributed by atoms with E-state index in [1.54, 1.807) is 0 Å². The number of carbonyl (C=O) groups excluding carboxylic acids is 1. The first-order valence-electron chi connectivity index (χ1n) is 7.13. The first-order chi connectivity index (χ1) is 9.89. The molecular formula is C17H19ClN2O. The number of aromatic nitrogens is 1. The molecule has 1 aliphatic heterocycles. The van der Waals surface area contributed by atoms with Crippen LogP contribution >= 0.6 is 11.6 Å². The summed E-state index contributed by atoms with van der Waals surface area (Å²) in [4.78, 5) is 12.3. The highest BCUT2D eigenvalue weighted by atomic mass is 35.5. The standard InChI is InChI=1S/C17H19ClN2O/c1-11-8-12-15(9-17(2,3)10-19-16(12)21)20(11)14-7-5-4-6-13(14)18/h4-8H,9-10H2,1-3H3,(H,19,21). The third kappa shape index (κ3) is 2.46. The highest BCUT2D eigenvalue weighted by Crippen LogP contribution is 2.32. The van der Waals surface area contributed by atoms with Gasteiger partial charge in [0.25, 0.3) is 5.91 Å². The lowest BCUT2D eigenvalue weighted by Gasteiger charge is -2.23. The molecule has 1 amide bonds. The fraction of sp³-hybridized carbons (Fsp3) is 0.353. The molecule has 0 aliphatic carbocycles. The van der Waals surface area contributed by atoms with E-state index in [1.807, 2.05) is 37.3 Å². The number of amides is 1. The number of aryl methyl sites for hydroxylation is 1. The fourth-order valence-electron chi connectivity index (χ4n) is 2.96. The van der Waals surface area contributed by atoms with Crippen molar-refractivity contribution in [3.05, 3.63) is 52.3 Å². The van der Waals surface area contributed by atoms with Crippen LogP contribution in [0.5, 0.6) is 0 Å². The van der Waals surface area contributed by atoms with Crippen LogP contribution in [0.4, 0.5) is 0 Å². The molecule has 0 atom stereocenters. The lowest BCUT2D eigenvalue weighted by molar-refractivity contribution is 0.0945. The maximum Gasteiger partial charge on any atom is 0.253 e. The predicted molar refractivity (Wildman–Crippen MR) is 85.3 cm³/mol. The van der Waals surface area contributed by atoms with Gasteiger partial charge in [-0.15, -0.1) is 0 Å². The zero-order valence-electron chi connectivity index (χ0n) is 12.5. The van der Waals surface area contributed by atoms with Crippen molar-refractivity contribution < 1.29 is 4.79 Å². The minimum Gasteiger partial charge on any atom is -0.351 e. The van der Waals surface area contributed by atoms with Crippen LogP contribution in [0, 0.1) is 12.3 Å². The fourth-order valence-corrected chi connectivity index (χ4v) is 3.18. The van der Waals surface area contributed by atoms with E-state index >= 15 is 0 Å². The summed E-state index contributed by atoms with van der Waals surface area (Å²) in [5, 5.41) is 3.71. The molecular weight excluding hydrogens is 284 g/mol. The molecule has 21 heavy (non-hydrogen) atoms. The number of carbonyl (C=O) groups is 1. The van der Waals surface area contributed by atoms with Gasteiger partial charge in [0.2, 0.25) is 0 Å². The van der Waals surface area contributed by atoms with Crippen molar-refractivity contribution in [3.63, 3.8) is 0 Å². The minimum atomic E-state index is 0.00415. The Bertz CT molecular complexity index is 716. The Hall–Kier alpha value is -1.74. The molecule has 0 spiro atoms. The number of benzene rings is 1. The van der Waals surface area contributed by atoms with Gasteiger partial charge in [-0.3, -0.25) is 4.79 Å². The normalized spacial score (nSPS) is 17.0. The van der Waals surface area contributed by atoms with Crippen molar-refractivity contribution in [3.8, 4) is 5.69 Å². The predicted octanol–water partition coefficient (Wildman–Crippen LogP) is 3.75. The van der Waals surface area contributed by atoms with Crippen molar-refractivity contribution in [1.82, 2.24) is 9.88 Å². The number of para-hydroxylation sites is 1. The monoisotopic (exact) mass is 302 g/mol. The van der Waals surface area contributed by atoms with Crippen LogP contribution in [0.3, 0.4) is 0 Å². The molecule has 1 aromatic heterocycles. The molecule has 0 bridgehead atoms. The van der Waals surface area contributed by atoms with Crippen molar-refractivity contribution >= 4 is 17.5 Å². The van der Waals surface area contributed by atoms with E-state index in [0.717, 1.165) is 29.1 Å². The van der Waals surface area contributed by atoms with Crippen LogP contribution in [0.1, 0.15) is 35.6 Å². The van der Waals surface area contributed by atoms with E-state index in [0.29, 0.717) is 11.6 Å². The summed E-state index contributed by atoms with van der Waals surface area (Å²) >= 11 is 6.36. The number of hydrogen-bond donors (Lipinski definition) is 1. The molecule has 1 aromatic carbocycles. The van der Waals surface area contributed by atoms with Gasteiger partial charge in [0.05, 0.1) is 16.3 Å². The van der Waals surface area contributed by atoms with E-state index < -0.39 is 0 Å². The first kappa shape index (κ1) is 14.2. The third-order valence-corrected chi connectivity index (χ3v) is 4.32. The summed E-state index contributed by atoms with van der Waals surface area (Å²) in [5.41, 5.74) is 3.79. The summed E-state index contributed by atoms with van der Waals surface area (Å²) in [7, 11) is 0. The highest BCUT2D eigenvalue weighted by molar-refractivity contribution is 6.32. The van der Waals surface area contributed by atoms with Crippen LogP contribution < -0.4 is 5.32 Å². The molecule has 3 rings (SSSR count). The van der Waals surface area contributed by atoms with E-state index in [2.05, 4.69) is 23.7 Å². The summed E-state index contributed by atoms with van der Waals surface area (Å²) < 4.78 is 2.12. The van der Waals surface area contributed by atoms with E-state index in [9.17, 15) is 4.79 Å². The van der Waals surface area contributed by atoms with Crippen LogP contribution in [0.2, 0.25) is 5.02 Å². The average Bonchev–Trinajstić information content (AvgIpc) is 2.68. The van der Waals surface area contributed by atoms with Gasteiger partial charge in [-0.1, -0.05) is 37.6 Å². The molecule has 2 aromatic rings. The van der Waals surface area contributed by atoms with Gasteiger partial charge in [-0.2, -0.15) is 0 Å². The van der Waals surface area contributed by atoms with Crippen LogP contribution in [-0.2, 0) is 6.42 Å². The Morgan fingerprint density at radius 1 is 1.29 bits per heavy atom. The molecule has 4 heteroatoms. The molecule has 0 unspecified atom stereocenters. The molecule has 3 nitrogen and oxygen atoms in total. The molecule has 0 saturated carbocycles. The van der Waals surface area contributed by atoms with E-state index in [4.69, 9.17) is 11.6 Å². The molecule has 110 valence electrons. The maximum absolute atomic E-state index is 12.3. The van der Waals surface area contributed by atoms with E-state index in [-0.39, 0.29) is 11.3 Å². The second kappa shape index (κ2) is 4.92. The maximum atomic E-state index is 12.3. The van der Waals surface area contributed by atoms with Gasteiger partial charge < -0.3 is 9.88 Å². The number of halogens is 1. The number of nitrogens with zero attached hydrogens (tertiary/aromatic N) is 1. The summed E-state index contributed by atoms with van der Waals surface area (Å²) in [6, 6.07) is 9.71.